The Balaban J connectivity index is 1.07. The molecular weight excluding hydrogens is 687 g/mol. The van der Waals surface area contributed by atoms with E-state index >= 15 is 0 Å². The van der Waals surface area contributed by atoms with Gasteiger partial charge in [-0.15, -0.1) is 0 Å². The smallest absolute Gasteiger partial charge is 0.164 e. The molecule has 0 saturated carbocycles. The number of aromatic nitrogens is 3. The molecule has 56 heavy (non-hydrogen) atoms. The number of hydrogen-bond acceptors (Lipinski definition) is 5. The van der Waals surface area contributed by atoms with Crippen LogP contribution in [0.5, 0.6) is 0 Å². The van der Waals surface area contributed by atoms with Crippen molar-refractivity contribution < 1.29 is 8.83 Å². The van der Waals surface area contributed by atoms with Crippen LogP contribution in [0.25, 0.3) is 121 Å². The van der Waals surface area contributed by atoms with E-state index in [0.717, 1.165) is 77.1 Å². The van der Waals surface area contributed by atoms with Crippen molar-refractivity contribution in [2.75, 3.05) is 0 Å². The normalized spacial score (nSPS) is 11.9. The highest BCUT2D eigenvalue weighted by molar-refractivity contribution is 6.20. The van der Waals surface area contributed by atoms with Crippen LogP contribution >= 0.6 is 0 Å². The molecule has 0 N–H and O–H groups in total. The highest BCUT2D eigenvalue weighted by atomic mass is 16.3. The lowest BCUT2D eigenvalue weighted by Crippen LogP contribution is -2.00. The van der Waals surface area contributed by atoms with Crippen molar-refractivity contribution in [3.63, 3.8) is 0 Å². The minimum atomic E-state index is 0.579. The molecule has 5 nitrogen and oxygen atoms in total. The Hall–Kier alpha value is -7.63. The highest BCUT2D eigenvalue weighted by Gasteiger charge is 2.22. The molecule has 0 bridgehead atoms. The second-order valence-electron chi connectivity index (χ2n) is 14.3. The molecule has 0 spiro atoms. The van der Waals surface area contributed by atoms with Gasteiger partial charge in [-0.2, -0.15) is 0 Å². The molecule has 12 rings (SSSR count). The molecule has 0 atom stereocenters. The van der Waals surface area contributed by atoms with Crippen LogP contribution in [0.2, 0.25) is 0 Å². The maximum Gasteiger partial charge on any atom is 0.164 e. The predicted molar refractivity (Wildman–Crippen MR) is 229 cm³/mol. The molecular formula is C51H29N3O2. The van der Waals surface area contributed by atoms with Crippen molar-refractivity contribution in [2.24, 2.45) is 0 Å². The van der Waals surface area contributed by atoms with E-state index in [4.69, 9.17) is 23.8 Å². The quantitative estimate of drug-likeness (QED) is 0.170. The first-order valence-corrected chi connectivity index (χ1v) is 18.8. The number of para-hydroxylation sites is 1. The number of fused-ring (bicyclic) bond motifs is 11. The van der Waals surface area contributed by atoms with Crippen LogP contribution in [-0.2, 0) is 0 Å². The minimum Gasteiger partial charge on any atom is -0.456 e. The molecule has 3 aromatic heterocycles. The van der Waals surface area contributed by atoms with Crippen molar-refractivity contribution in [3.05, 3.63) is 176 Å². The molecule has 0 unspecified atom stereocenters. The van der Waals surface area contributed by atoms with Gasteiger partial charge >= 0.3 is 0 Å². The number of hydrogen-bond donors (Lipinski definition) is 0. The van der Waals surface area contributed by atoms with Gasteiger partial charge in [-0.05, 0) is 80.3 Å². The predicted octanol–water partition coefficient (Wildman–Crippen LogP) is 13.8. The van der Waals surface area contributed by atoms with Crippen molar-refractivity contribution in [1.82, 2.24) is 15.0 Å². The summed E-state index contributed by atoms with van der Waals surface area (Å²) in [7, 11) is 0. The van der Waals surface area contributed by atoms with E-state index in [1.165, 1.54) is 26.9 Å². The standard InChI is InChI=1S/C51H29N3O2/c1-2-12-32(13-3-1)49-52-50(35-21-23-37-33(28-35)19-18-30-10-4-6-14-36(30)37)54-51(53-49)42-26-25-39(48-47(42)40-16-8-9-17-43(40)56-48)34-20-24-41-45(29-34)55-44-27-22-31-11-5-7-15-38(31)46(41)44/h1-29H. The van der Waals surface area contributed by atoms with Gasteiger partial charge in [0.1, 0.15) is 22.3 Å². The van der Waals surface area contributed by atoms with E-state index in [2.05, 4.69) is 127 Å². The van der Waals surface area contributed by atoms with E-state index in [1.807, 2.05) is 48.5 Å². The molecule has 0 amide bonds. The Bertz CT molecular complexity index is 3550. The first kappa shape index (κ1) is 30.8. The van der Waals surface area contributed by atoms with Gasteiger partial charge in [0.25, 0.3) is 0 Å². The van der Waals surface area contributed by atoms with E-state index in [9.17, 15) is 0 Å². The first-order chi connectivity index (χ1) is 27.7. The van der Waals surface area contributed by atoms with Crippen LogP contribution < -0.4 is 0 Å². The Morgan fingerprint density at radius 3 is 1.79 bits per heavy atom. The molecule has 0 aliphatic rings. The maximum atomic E-state index is 6.74. The Kier molecular flexibility index (Phi) is 6.56. The molecule has 3 heterocycles. The van der Waals surface area contributed by atoms with Gasteiger partial charge in [0.15, 0.2) is 17.5 Å². The van der Waals surface area contributed by atoms with Gasteiger partial charge < -0.3 is 8.83 Å². The fourth-order valence-electron chi connectivity index (χ4n) is 8.45. The van der Waals surface area contributed by atoms with Gasteiger partial charge in [0, 0.05) is 43.8 Å². The molecule has 12 aromatic rings. The molecule has 0 aliphatic carbocycles. The van der Waals surface area contributed by atoms with E-state index in [0.29, 0.717) is 17.5 Å². The lowest BCUT2D eigenvalue weighted by Gasteiger charge is -2.11. The number of nitrogens with zero attached hydrogens (tertiary/aromatic N) is 3. The third-order valence-corrected chi connectivity index (χ3v) is 11.1. The molecule has 0 radical (unpaired) electrons. The summed E-state index contributed by atoms with van der Waals surface area (Å²) in [6.07, 6.45) is 0. The third kappa shape index (κ3) is 4.71. The van der Waals surface area contributed by atoms with Crippen LogP contribution in [0.1, 0.15) is 0 Å². The number of benzene rings is 9. The van der Waals surface area contributed by atoms with Crippen LogP contribution in [0, 0.1) is 0 Å². The Labute approximate surface area is 320 Å². The lowest BCUT2D eigenvalue weighted by molar-refractivity contribution is 0.668. The maximum absolute atomic E-state index is 6.74. The van der Waals surface area contributed by atoms with Crippen LogP contribution in [0.15, 0.2) is 185 Å². The second-order valence-corrected chi connectivity index (χ2v) is 14.3. The van der Waals surface area contributed by atoms with E-state index in [-0.39, 0.29) is 0 Å². The summed E-state index contributed by atoms with van der Waals surface area (Å²) in [6.45, 7) is 0. The average molecular weight is 716 g/mol. The topological polar surface area (TPSA) is 65.0 Å². The lowest BCUT2D eigenvalue weighted by atomic mass is 9.96. The summed E-state index contributed by atoms with van der Waals surface area (Å²) in [4.78, 5) is 15.4. The molecule has 0 aliphatic heterocycles. The summed E-state index contributed by atoms with van der Waals surface area (Å²) in [5.74, 6) is 1.80. The zero-order valence-corrected chi connectivity index (χ0v) is 29.9. The van der Waals surface area contributed by atoms with E-state index in [1.54, 1.807) is 0 Å². The largest absolute Gasteiger partial charge is 0.456 e. The number of furan rings is 2. The van der Waals surface area contributed by atoms with Crippen molar-refractivity contribution in [1.29, 1.82) is 0 Å². The fourth-order valence-corrected chi connectivity index (χ4v) is 8.45. The second kappa shape index (κ2) is 11.9. The summed E-state index contributed by atoms with van der Waals surface area (Å²) in [6, 6.07) is 60.9. The Morgan fingerprint density at radius 2 is 0.911 bits per heavy atom. The zero-order valence-electron chi connectivity index (χ0n) is 29.9. The number of rotatable bonds is 4. The summed E-state index contributed by atoms with van der Waals surface area (Å²) >= 11 is 0. The van der Waals surface area contributed by atoms with Crippen LogP contribution in [0.4, 0.5) is 0 Å². The zero-order chi connectivity index (χ0) is 36.7. The van der Waals surface area contributed by atoms with Crippen molar-refractivity contribution in [3.8, 4) is 45.3 Å². The minimum absolute atomic E-state index is 0.579. The SMILES string of the molecule is c1ccc(-c2nc(-c3ccc4c(ccc5ccccc54)c3)nc(-c3ccc(-c4ccc5c(c4)oc4ccc6ccccc6c45)c4oc5ccccc5c34)n2)cc1. The molecule has 0 fully saturated rings. The first-order valence-electron chi connectivity index (χ1n) is 18.8. The fraction of sp³-hybridized carbons (Fsp3) is 0. The van der Waals surface area contributed by atoms with Gasteiger partial charge in [-0.1, -0.05) is 133 Å². The van der Waals surface area contributed by atoms with Gasteiger partial charge in [-0.25, -0.2) is 15.0 Å². The van der Waals surface area contributed by atoms with Crippen molar-refractivity contribution >= 4 is 76.2 Å². The van der Waals surface area contributed by atoms with Gasteiger partial charge in [0.2, 0.25) is 0 Å². The summed E-state index contributed by atoms with van der Waals surface area (Å²) in [5, 5.41) is 11.3. The Morgan fingerprint density at radius 1 is 0.304 bits per heavy atom. The van der Waals surface area contributed by atoms with Crippen LogP contribution in [-0.4, -0.2) is 15.0 Å². The average Bonchev–Trinajstić information content (AvgIpc) is 3.85. The van der Waals surface area contributed by atoms with E-state index < -0.39 is 0 Å². The van der Waals surface area contributed by atoms with Crippen molar-refractivity contribution in [2.45, 2.75) is 0 Å². The molecule has 5 heteroatoms. The third-order valence-electron chi connectivity index (χ3n) is 11.1. The van der Waals surface area contributed by atoms with Gasteiger partial charge in [-0.3, -0.25) is 0 Å². The summed E-state index contributed by atoms with van der Waals surface area (Å²) < 4.78 is 13.2. The molecule has 9 aromatic carbocycles. The monoisotopic (exact) mass is 715 g/mol. The van der Waals surface area contributed by atoms with Crippen LogP contribution in [0.3, 0.4) is 0 Å². The summed E-state index contributed by atoms with van der Waals surface area (Å²) in [5.41, 5.74) is 7.95. The molecule has 260 valence electrons. The molecule has 0 saturated heterocycles. The highest BCUT2D eigenvalue weighted by Crippen LogP contribution is 2.43. The van der Waals surface area contributed by atoms with Gasteiger partial charge in [0.05, 0.1) is 0 Å².